The zero-order chi connectivity index (χ0) is 13.5. The minimum absolute atomic E-state index is 0.754. The molecule has 1 aromatic heterocycles. The minimum atomic E-state index is 0.754. The molecule has 0 radical (unpaired) electrons. The quantitative estimate of drug-likeness (QED) is 0.695. The molecule has 0 fully saturated rings. The van der Waals surface area contributed by atoms with Crippen molar-refractivity contribution in [2.75, 3.05) is 0 Å². The molecule has 0 aliphatic rings. The maximum atomic E-state index is 4.58. The van der Waals surface area contributed by atoms with Gasteiger partial charge in [0.1, 0.15) is 0 Å². The molecule has 0 aromatic carbocycles. The molecule has 0 aliphatic carbocycles. The van der Waals surface area contributed by atoms with Crippen molar-refractivity contribution in [3.8, 4) is 0 Å². The summed E-state index contributed by atoms with van der Waals surface area (Å²) in [4.78, 5) is 8.95. The van der Waals surface area contributed by atoms with Crippen LogP contribution in [-0.4, -0.2) is 9.97 Å². The molecule has 18 heavy (non-hydrogen) atoms. The van der Waals surface area contributed by atoms with Crippen LogP contribution in [0.1, 0.15) is 57.1 Å². The van der Waals surface area contributed by atoms with Crippen LogP contribution in [0.5, 0.6) is 0 Å². The zero-order valence-electron chi connectivity index (χ0n) is 12.5. The van der Waals surface area contributed by atoms with Crippen molar-refractivity contribution in [1.82, 2.24) is 9.97 Å². The van der Waals surface area contributed by atoms with E-state index < -0.39 is 0 Å². The Morgan fingerprint density at radius 1 is 1.22 bits per heavy atom. The molecule has 100 valence electrons. The number of hydrogen-bond donors (Lipinski definition) is 0. The molecule has 0 bridgehead atoms. The van der Waals surface area contributed by atoms with Gasteiger partial charge in [-0.3, -0.25) is 9.97 Å². The third kappa shape index (κ3) is 5.44. The van der Waals surface area contributed by atoms with E-state index in [-0.39, 0.29) is 0 Å². The summed E-state index contributed by atoms with van der Waals surface area (Å²) in [7, 11) is 0. The highest BCUT2D eigenvalue weighted by atomic mass is 14.8. The Balaban J connectivity index is 2.35. The molecule has 0 saturated heterocycles. The van der Waals surface area contributed by atoms with E-state index in [1.165, 1.54) is 24.8 Å². The number of aromatic nitrogens is 2. The lowest BCUT2D eigenvalue weighted by atomic mass is 9.98. The van der Waals surface area contributed by atoms with Crippen LogP contribution >= 0.6 is 0 Å². The van der Waals surface area contributed by atoms with Gasteiger partial charge in [-0.25, -0.2) is 0 Å². The number of nitrogens with zero attached hydrogens (tertiary/aromatic N) is 2. The van der Waals surface area contributed by atoms with Crippen LogP contribution in [0.2, 0.25) is 0 Å². The first kappa shape index (κ1) is 14.9. The van der Waals surface area contributed by atoms with Crippen molar-refractivity contribution in [1.29, 1.82) is 0 Å². The fourth-order valence-electron chi connectivity index (χ4n) is 1.91. The first-order valence-corrected chi connectivity index (χ1v) is 6.91. The van der Waals surface area contributed by atoms with E-state index in [9.17, 15) is 0 Å². The second-order valence-corrected chi connectivity index (χ2v) is 5.53. The van der Waals surface area contributed by atoms with Gasteiger partial charge in [0.25, 0.3) is 0 Å². The maximum absolute atomic E-state index is 4.58. The first-order valence-electron chi connectivity index (χ1n) is 6.91. The summed E-state index contributed by atoms with van der Waals surface area (Å²) in [5.74, 6) is 0.754. The van der Waals surface area contributed by atoms with Crippen LogP contribution in [0.25, 0.3) is 0 Å². The molecule has 0 amide bonds. The van der Waals surface area contributed by atoms with Crippen molar-refractivity contribution in [2.45, 2.75) is 60.3 Å². The average molecular weight is 246 g/mol. The van der Waals surface area contributed by atoms with Crippen LogP contribution in [-0.2, 0) is 6.42 Å². The summed E-state index contributed by atoms with van der Waals surface area (Å²) in [5, 5.41) is 0. The second kappa shape index (κ2) is 7.30. The Bertz CT molecular complexity index is 404. The van der Waals surface area contributed by atoms with E-state index in [0.29, 0.717) is 0 Å². The standard InChI is InChI=1S/C16H26N2/c1-12(2)7-6-8-13(3)9-10-16-11-17-14(4)15(5)18-16/h7,11,13H,6,8-10H2,1-5H3. The predicted molar refractivity (Wildman–Crippen MR) is 77.7 cm³/mol. The summed E-state index contributed by atoms with van der Waals surface area (Å²) in [6.45, 7) is 10.7. The van der Waals surface area contributed by atoms with Crippen molar-refractivity contribution in [3.05, 3.63) is 34.9 Å². The Morgan fingerprint density at radius 2 is 1.94 bits per heavy atom. The van der Waals surface area contributed by atoms with Crippen molar-refractivity contribution in [2.24, 2.45) is 5.92 Å². The Hall–Kier alpha value is -1.18. The van der Waals surface area contributed by atoms with Crippen LogP contribution in [0.3, 0.4) is 0 Å². The third-order valence-electron chi connectivity index (χ3n) is 3.35. The lowest BCUT2D eigenvalue weighted by Gasteiger charge is -2.10. The van der Waals surface area contributed by atoms with Gasteiger partial charge in [0, 0.05) is 6.20 Å². The highest BCUT2D eigenvalue weighted by molar-refractivity contribution is 5.10. The molecule has 1 rings (SSSR count). The molecule has 0 saturated carbocycles. The SMILES string of the molecule is CC(C)=CCCC(C)CCc1cnc(C)c(C)n1. The van der Waals surface area contributed by atoms with Gasteiger partial charge in [0.05, 0.1) is 17.1 Å². The second-order valence-electron chi connectivity index (χ2n) is 5.53. The summed E-state index contributed by atoms with van der Waals surface area (Å²) in [5.41, 5.74) is 4.65. The Morgan fingerprint density at radius 3 is 2.56 bits per heavy atom. The highest BCUT2D eigenvalue weighted by Crippen LogP contribution is 2.14. The number of aryl methyl sites for hydroxylation is 3. The molecule has 1 heterocycles. The summed E-state index contributed by atoms with van der Waals surface area (Å²) < 4.78 is 0. The van der Waals surface area contributed by atoms with Crippen molar-refractivity contribution >= 4 is 0 Å². The fourth-order valence-corrected chi connectivity index (χ4v) is 1.91. The Kier molecular flexibility index (Phi) is 6.03. The van der Waals surface area contributed by atoms with Crippen LogP contribution in [0, 0.1) is 19.8 Å². The summed E-state index contributed by atoms with van der Waals surface area (Å²) in [6.07, 6.45) is 8.96. The van der Waals surface area contributed by atoms with Gasteiger partial charge in [-0.1, -0.05) is 18.6 Å². The fraction of sp³-hybridized carbons (Fsp3) is 0.625. The van der Waals surface area contributed by atoms with Crippen molar-refractivity contribution < 1.29 is 0 Å². The smallest absolute Gasteiger partial charge is 0.0590 e. The topological polar surface area (TPSA) is 25.8 Å². The van der Waals surface area contributed by atoms with E-state index >= 15 is 0 Å². The largest absolute Gasteiger partial charge is 0.258 e. The van der Waals surface area contributed by atoms with Gasteiger partial charge in [-0.2, -0.15) is 0 Å². The van der Waals surface area contributed by atoms with E-state index in [4.69, 9.17) is 0 Å². The van der Waals surface area contributed by atoms with E-state index in [1.54, 1.807) is 0 Å². The molecule has 2 nitrogen and oxygen atoms in total. The number of hydrogen-bond acceptors (Lipinski definition) is 2. The molecule has 0 N–H and O–H groups in total. The lowest BCUT2D eigenvalue weighted by molar-refractivity contribution is 0.493. The van der Waals surface area contributed by atoms with Crippen molar-refractivity contribution in [3.63, 3.8) is 0 Å². The average Bonchev–Trinajstić information content (AvgIpc) is 2.30. The van der Waals surface area contributed by atoms with Gasteiger partial charge >= 0.3 is 0 Å². The molecule has 0 spiro atoms. The lowest BCUT2D eigenvalue weighted by Crippen LogP contribution is -2.02. The molecule has 0 aliphatic heterocycles. The molecule has 1 aromatic rings. The summed E-state index contributed by atoms with van der Waals surface area (Å²) >= 11 is 0. The highest BCUT2D eigenvalue weighted by Gasteiger charge is 2.04. The van der Waals surface area contributed by atoms with Crippen LogP contribution < -0.4 is 0 Å². The maximum Gasteiger partial charge on any atom is 0.0590 e. The van der Waals surface area contributed by atoms with Gasteiger partial charge in [0.15, 0.2) is 0 Å². The van der Waals surface area contributed by atoms with Gasteiger partial charge in [0.2, 0.25) is 0 Å². The molecule has 1 unspecified atom stereocenters. The van der Waals surface area contributed by atoms with Gasteiger partial charge in [-0.15, -0.1) is 0 Å². The number of rotatable bonds is 6. The van der Waals surface area contributed by atoms with Crippen LogP contribution in [0.15, 0.2) is 17.8 Å². The van der Waals surface area contributed by atoms with E-state index in [0.717, 1.165) is 29.4 Å². The van der Waals surface area contributed by atoms with Gasteiger partial charge < -0.3 is 0 Å². The van der Waals surface area contributed by atoms with E-state index in [1.807, 2.05) is 20.0 Å². The monoisotopic (exact) mass is 246 g/mol. The zero-order valence-corrected chi connectivity index (χ0v) is 12.5. The molecule has 2 heteroatoms. The molecular weight excluding hydrogens is 220 g/mol. The Labute approximate surface area is 112 Å². The normalized spacial score (nSPS) is 12.3. The third-order valence-corrected chi connectivity index (χ3v) is 3.35. The molecular formula is C16H26N2. The predicted octanol–water partition coefficient (Wildman–Crippen LogP) is 4.41. The van der Waals surface area contributed by atoms with E-state index in [2.05, 4.69) is 36.8 Å². The summed E-state index contributed by atoms with van der Waals surface area (Å²) in [6, 6.07) is 0. The number of allylic oxidation sites excluding steroid dienone is 2. The first-order chi connectivity index (χ1) is 8.49. The minimum Gasteiger partial charge on any atom is -0.258 e. The van der Waals surface area contributed by atoms with Crippen LogP contribution in [0.4, 0.5) is 0 Å². The molecule has 1 atom stereocenters. The van der Waals surface area contributed by atoms with Gasteiger partial charge in [-0.05, 0) is 59.3 Å².